The summed E-state index contributed by atoms with van der Waals surface area (Å²) in [5, 5.41) is 8.02. The molecule has 142 valence electrons. The normalized spacial score (nSPS) is 21.0. The van der Waals surface area contributed by atoms with E-state index in [1.54, 1.807) is 30.3 Å². The van der Waals surface area contributed by atoms with E-state index in [9.17, 15) is 31.1 Å². The van der Waals surface area contributed by atoms with E-state index in [-0.39, 0.29) is 18.2 Å². The van der Waals surface area contributed by atoms with Crippen LogP contribution in [0.3, 0.4) is 0 Å². The van der Waals surface area contributed by atoms with Gasteiger partial charge in [0.1, 0.15) is 0 Å². The lowest BCUT2D eigenvalue weighted by Gasteiger charge is -2.17. The van der Waals surface area contributed by atoms with Crippen molar-refractivity contribution in [2.24, 2.45) is 0 Å². The highest BCUT2D eigenvalue weighted by Gasteiger charge is 2.43. The Morgan fingerprint density at radius 1 is 0.815 bits per heavy atom. The van der Waals surface area contributed by atoms with Crippen molar-refractivity contribution in [3.63, 3.8) is 0 Å². The van der Waals surface area contributed by atoms with Gasteiger partial charge in [0.15, 0.2) is 5.78 Å². The van der Waals surface area contributed by atoms with Gasteiger partial charge in [-0.25, -0.2) is 0 Å². The molecule has 0 saturated heterocycles. The average molecular weight is 385 g/mol. The summed E-state index contributed by atoms with van der Waals surface area (Å²) < 4.78 is 78.3. The summed E-state index contributed by atoms with van der Waals surface area (Å²) in [5.41, 5.74) is -3.04. The molecule has 3 rings (SSSR count). The molecule has 1 saturated carbocycles. The molecule has 1 fully saturated rings. The summed E-state index contributed by atoms with van der Waals surface area (Å²) in [6.45, 7) is 0. The smallest absolute Gasteiger partial charge is 0.309 e. The largest absolute Gasteiger partial charge is 0.416 e. The number of carbonyl (C=O) groups excluding carboxylic acids is 1. The molecule has 2 aromatic carbocycles. The topological polar surface area (TPSA) is 40.9 Å². The molecule has 1 aliphatic carbocycles. The molecular formula is C19H13F6NO. The lowest BCUT2D eigenvalue weighted by atomic mass is 9.89. The van der Waals surface area contributed by atoms with E-state index in [1.807, 2.05) is 0 Å². The highest BCUT2D eigenvalue weighted by Crippen LogP contribution is 2.42. The third-order valence-electron chi connectivity index (χ3n) is 4.55. The first-order chi connectivity index (χ1) is 12.5. The summed E-state index contributed by atoms with van der Waals surface area (Å²) in [6, 6.07) is 9.42. The van der Waals surface area contributed by atoms with Crippen LogP contribution in [0.25, 0.3) is 0 Å². The first-order valence-corrected chi connectivity index (χ1v) is 7.94. The highest BCUT2D eigenvalue weighted by molar-refractivity contribution is 6.17. The third-order valence-corrected chi connectivity index (χ3v) is 4.55. The van der Waals surface area contributed by atoms with E-state index in [2.05, 4.69) is 0 Å². The molecule has 0 bridgehead atoms. The Bertz CT molecular complexity index is 853. The Kier molecular flexibility index (Phi) is 4.61. The van der Waals surface area contributed by atoms with Crippen molar-refractivity contribution < 1.29 is 31.1 Å². The van der Waals surface area contributed by atoms with Gasteiger partial charge < -0.3 is 5.41 Å². The highest BCUT2D eigenvalue weighted by atomic mass is 19.4. The van der Waals surface area contributed by atoms with Gasteiger partial charge in [-0.1, -0.05) is 30.3 Å². The predicted molar refractivity (Wildman–Crippen MR) is 85.7 cm³/mol. The molecule has 1 aliphatic rings. The lowest BCUT2D eigenvalue weighted by Crippen LogP contribution is -2.18. The monoisotopic (exact) mass is 385 g/mol. The summed E-state index contributed by atoms with van der Waals surface area (Å²) in [7, 11) is 0. The maximum Gasteiger partial charge on any atom is 0.416 e. The van der Waals surface area contributed by atoms with Crippen LogP contribution in [0.4, 0.5) is 26.3 Å². The molecule has 27 heavy (non-hydrogen) atoms. The minimum Gasteiger partial charge on any atom is -0.309 e. The second-order valence-corrected chi connectivity index (χ2v) is 6.37. The van der Waals surface area contributed by atoms with Gasteiger partial charge in [0.05, 0.1) is 17.0 Å². The third kappa shape index (κ3) is 3.74. The van der Waals surface area contributed by atoms with Gasteiger partial charge >= 0.3 is 12.4 Å². The van der Waals surface area contributed by atoms with Gasteiger partial charge in [-0.15, -0.1) is 0 Å². The number of rotatable bonds is 2. The van der Waals surface area contributed by atoms with Crippen molar-refractivity contribution >= 4 is 11.5 Å². The van der Waals surface area contributed by atoms with Crippen LogP contribution in [0.1, 0.15) is 40.5 Å². The quantitative estimate of drug-likeness (QED) is 0.674. The van der Waals surface area contributed by atoms with Gasteiger partial charge in [0.25, 0.3) is 0 Å². The lowest BCUT2D eigenvalue weighted by molar-refractivity contribution is -0.143. The molecule has 0 heterocycles. The van der Waals surface area contributed by atoms with Crippen molar-refractivity contribution in [2.75, 3.05) is 0 Å². The molecule has 2 aromatic rings. The van der Waals surface area contributed by atoms with E-state index in [0.29, 0.717) is 17.7 Å². The van der Waals surface area contributed by atoms with Gasteiger partial charge in [0, 0.05) is 11.6 Å². The number of benzene rings is 2. The Morgan fingerprint density at radius 2 is 1.33 bits per heavy atom. The summed E-state index contributed by atoms with van der Waals surface area (Å²) in [5.74, 6) is -2.75. The zero-order valence-electron chi connectivity index (χ0n) is 13.7. The maximum absolute atomic E-state index is 13.1. The number of halogens is 6. The number of nitrogens with one attached hydrogen (secondary N) is 1. The molecule has 0 aliphatic heterocycles. The van der Waals surface area contributed by atoms with Crippen molar-refractivity contribution in [1.29, 1.82) is 5.41 Å². The molecule has 1 N–H and O–H groups in total. The van der Waals surface area contributed by atoms with Gasteiger partial charge in [0.2, 0.25) is 0 Å². The molecule has 2 nitrogen and oxygen atoms in total. The van der Waals surface area contributed by atoms with Crippen molar-refractivity contribution in [3.05, 3.63) is 70.8 Å². The fourth-order valence-corrected chi connectivity index (χ4v) is 3.29. The van der Waals surface area contributed by atoms with Crippen molar-refractivity contribution in [3.8, 4) is 0 Å². The number of ketones is 1. The van der Waals surface area contributed by atoms with Crippen molar-refractivity contribution in [2.45, 2.75) is 30.6 Å². The van der Waals surface area contributed by atoms with E-state index >= 15 is 0 Å². The second-order valence-electron chi connectivity index (χ2n) is 6.37. The first kappa shape index (κ1) is 19.1. The Hall–Kier alpha value is -2.64. The maximum atomic E-state index is 13.1. The Balaban J connectivity index is 2.07. The summed E-state index contributed by atoms with van der Waals surface area (Å²) in [4.78, 5) is 12.7. The van der Waals surface area contributed by atoms with Crippen LogP contribution >= 0.6 is 0 Å². The molecule has 2 unspecified atom stereocenters. The van der Waals surface area contributed by atoms with E-state index in [4.69, 9.17) is 5.41 Å². The van der Waals surface area contributed by atoms with Crippen molar-refractivity contribution in [1.82, 2.24) is 0 Å². The molecule has 0 radical (unpaired) electrons. The van der Waals surface area contributed by atoms with E-state index in [0.717, 1.165) is 0 Å². The van der Waals surface area contributed by atoms with Gasteiger partial charge in [-0.2, -0.15) is 26.3 Å². The molecule has 2 atom stereocenters. The van der Waals surface area contributed by atoms with Crippen LogP contribution in [-0.4, -0.2) is 11.5 Å². The molecule has 0 spiro atoms. The first-order valence-electron chi connectivity index (χ1n) is 7.94. The van der Waals surface area contributed by atoms with E-state index in [1.165, 1.54) is 0 Å². The van der Waals surface area contributed by atoms with Gasteiger partial charge in [-0.3, -0.25) is 4.79 Å². The van der Waals surface area contributed by atoms with Crippen LogP contribution < -0.4 is 0 Å². The fraction of sp³-hybridized carbons (Fsp3) is 0.263. The number of hydrogen-bond acceptors (Lipinski definition) is 2. The minimum atomic E-state index is -5.00. The van der Waals surface area contributed by atoms with Crippen LogP contribution in [0.2, 0.25) is 0 Å². The predicted octanol–water partition coefficient (Wildman–Crippen LogP) is 5.58. The molecule has 0 amide bonds. The average Bonchev–Trinajstić information content (AvgIpc) is 2.88. The standard InChI is InChI=1S/C19H13F6NO/c20-18(21,22)12-6-11(7-13(8-12)19(23,24)25)16-15(26)9-14(17(16)27)10-4-2-1-3-5-10/h1-8,14,16,26H,9H2. The summed E-state index contributed by atoms with van der Waals surface area (Å²) >= 11 is 0. The SMILES string of the molecule is N=C1CC(c2ccccc2)C(=O)C1c1cc(C(F)(F)F)cc(C(F)(F)F)c1. The van der Waals surface area contributed by atoms with Crippen LogP contribution in [0.15, 0.2) is 48.5 Å². The van der Waals surface area contributed by atoms with Crippen LogP contribution in [-0.2, 0) is 17.1 Å². The Morgan fingerprint density at radius 3 is 1.81 bits per heavy atom. The number of Topliss-reactive ketones (excluding diaryl/α,β-unsaturated/α-hetero) is 1. The van der Waals surface area contributed by atoms with E-state index < -0.39 is 46.7 Å². The second kappa shape index (κ2) is 6.51. The zero-order chi connectivity index (χ0) is 20.0. The van der Waals surface area contributed by atoms with Crippen LogP contribution in [0.5, 0.6) is 0 Å². The number of carbonyl (C=O) groups is 1. The molecule has 0 aromatic heterocycles. The van der Waals surface area contributed by atoms with Gasteiger partial charge in [-0.05, 0) is 35.7 Å². The summed E-state index contributed by atoms with van der Waals surface area (Å²) in [6.07, 6.45) is -10.0. The Labute approximate surface area is 150 Å². The number of hydrogen-bond donors (Lipinski definition) is 1. The fourth-order valence-electron chi connectivity index (χ4n) is 3.29. The van der Waals surface area contributed by atoms with Crippen LogP contribution in [0, 0.1) is 5.41 Å². The zero-order valence-corrected chi connectivity index (χ0v) is 13.7. The minimum absolute atomic E-state index is 0.0151. The molecular weight excluding hydrogens is 372 g/mol. The number of alkyl halides is 6. The molecule has 8 heteroatoms.